The fourth-order valence-electron chi connectivity index (χ4n) is 2.92. The lowest BCUT2D eigenvalue weighted by Crippen LogP contribution is -2.40. The van der Waals surface area contributed by atoms with Crippen LogP contribution in [0.25, 0.3) is 0 Å². The number of Topliss-reactive ketones (excluding diaryl/α,β-unsaturated/α-hetero) is 1. The number of hydrogen-bond donors (Lipinski definition) is 1. The first kappa shape index (κ1) is 17.1. The van der Waals surface area contributed by atoms with Crippen molar-refractivity contribution in [1.29, 1.82) is 0 Å². The predicted molar refractivity (Wildman–Crippen MR) is 92.0 cm³/mol. The van der Waals surface area contributed by atoms with Gasteiger partial charge in [-0.15, -0.1) is 0 Å². The van der Waals surface area contributed by atoms with Gasteiger partial charge in [-0.05, 0) is 37.1 Å². The zero-order valence-corrected chi connectivity index (χ0v) is 14.1. The highest BCUT2D eigenvalue weighted by atomic mass is 32.1. The van der Waals surface area contributed by atoms with Gasteiger partial charge in [-0.3, -0.25) is 19.7 Å². The molecule has 0 bridgehead atoms. The van der Waals surface area contributed by atoms with E-state index in [9.17, 15) is 24.8 Å². The summed E-state index contributed by atoms with van der Waals surface area (Å²) in [6.45, 7) is 0.883. The van der Waals surface area contributed by atoms with E-state index >= 15 is 0 Å². The fourth-order valence-corrected chi connectivity index (χ4v) is 3.62. The van der Waals surface area contributed by atoms with Crippen molar-refractivity contribution in [2.75, 3.05) is 13.1 Å². The third kappa shape index (κ3) is 3.69. The van der Waals surface area contributed by atoms with Crippen LogP contribution in [-0.4, -0.2) is 39.7 Å². The number of phenols is 1. The Balaban J connectivity index is 1.61. The minimum Gasteiger partial charge on any atom is -0.508 e. The Morgan fingerprint density at radius 1 is 1.16 bits per heavy atom. The van der Waals surface area contributed by atoms with Crippen molar-refractivity contribution in [3.63, 3.8) is 0 Å². The number of thiophene rings is 1. The standard InChI is InChI=1S/C17H16N2O5S/c20-14-3-1-11(2-4-14)16(21)12-5-7-18(8-6-12)17(22)13-9-15(19(23)24)25-10-13/h1-4,9-10,12,20H,5-8H2. The van der Waals surface area contributed by atoms with Gasteiger partial charge in [0.25, 0.3) is 5.91 Å². The third-order valence-electron chi connectivity index (χ3n) is 4.32. The molecular formula is C17H16N2O5S. The first-order valence-electron chi connectivity index (χ1n) is 7.81. The monoisotopic (exact) mass is 360 g/mol. The summed E-state index contributed by atoms with van der Waals surface area (Å²) in [5.74, 6) is -0.273. The molecule has 7 nitrogen and oxygen atoms in total. The zero-order valence-electron chi connectivity index (χ0n) is 13.3. The molecule has 1 saturated heterocycles. The molecule has 3 rings (SSSR count). The van der Waals surface area contributed by atoms with E-state index in [1.54, 1.807) is 17.0 Å². The maximum Gasteiger partial charge on any atom is 0.324 e. The van der Waals surface area contributed by atoms with E-state index in [0.29, 0.717) is 37.1 Å². The summed E-state index contributed by atoms with van der Waals surface area (Å²) in [7, 11) is 0. The van der Waals surface area contributed by atoms with Crippen LogP contribution >= 0.6 is 11.3 Å². The lowest BCUT2D eigenvalue weighted by molar-refractivity contribution is -0.380. The molecule has 1 aliphatic rings. The summed E-state index contributed by atoms with van der Waals surface area (Å²) in [6, 6.07) is 7.45. The third-order valence-corrected chi connectivity index (χ3v) is 5.20. The topological polar surface area (TPSA) is 101 Å². The maximum absolute atomic E-state index is 12.5. The highest BCUT2D eigenvalue weighted by Gasteiger charge is 2.29. The molecule has 1 aliphatic heterocycles. The predicted octanol–water partition coefficient (Wildman–Crippen LogP) is 3.10. The molecule has 1 N–H and O–H groups in total. The normalized spacial score (nSPS) is 15.1. The number of carbonyl (C=O) groups excluding carboxylic acids is 2. The van der Waals surface area contributed by atoms with Gasteiger partial charge >= 0.3 is 5.00 Å². The van der Waals surface area contributed by atoms with Gasteiger partial charge in [-0.1, -0.05) is 11.3 Å². The summed E-state index contributed by atoms with van der Waals surface area (Å²) in [5, 5.41) is 21.5. The maximum atomic E-state index is 12.5. The van der Waals surface area contributed by atoms with Crippen LogP contribution in [0, 0.1) is 16.0 Å². The van der Waals surface area contributed by atoms with E-state index in [4.69, 9.17) is 0 Å². The number of hydrogen-bond acceptors (Lipinski definition) is 6. The van der Waals surface area contributed by atoms with Crippen LogP contribution in [-0.2, 0) is 0 Å². The number of phenolic OH excluding ortho intramolecular Hbond substituents is 1. The molecule has 0 radical (unpaired) electrons. The molecule has 25 heavy (non-hydrogen) atoms. The zero-order chi connectivity index (χ0) is 18.0. The lowest BCUT2D eigenvalue weighted by atomic mass is 9.88. The molecule has 0 aliphatic carbocycles. The molecule has 1 aromatic carbocycles. The summed E-state index contributed by atoms with van der Waals surface area (Å²) in [6.07, 6.45) is 1.11. The van der Waals surface area contributed by atoms with Gasteiger partial charge in [-0.25, -0.2) is 0 Å². The van der Waals surface area contributed by atoms with E-state index < -0.39 is 4.92 Å². The van der Waals surface area contributed by atoms with Crippen LogP contribution in [0.4, 0.5) is 5.00 Å². The number of likely N-dealkylation sites (tertiary alicyclic amines) is 1. The lowest BCUT2D eigenvalue weighted by Gasteiger charge is -2.31. The van der Waals surface area contributed by atoms with Crippen LogP contribution < -0.4 is 0 Å². The first-order chi connectivity index (χ1) is 12.0. The largest absolute Gasteiger partial charge is 0.508 e. The van der Waals surface area contributed by atoms with E-state index in [1.807, 2.05) is 0 Å². The Hall–Kier alpha value is -2.74. The Labute approximate surface area is 147 Å². The smallest absolute Gasteiger partial charge is 0.324 e. The number of benzene rings is 1. The average Bonchev–Trinajstić information content (AvgIpc) is 3.12. The second-order valence-corrected chi connectivity index (χ2v) is 6.80. The molecule has 1 amide bonds. The van der Waals surface area contributed by atoms with Crippen molar-refractivity contribution in [3.05, 3.63) is 57.0 Å². The number of rotatable bonds is 4. The van der Waals surface area contributed by atoms with Crippen LogP contribution in [0.15, 0.2) is 35.7 Å². The SMILES string of the molecule is O=C(c1ccc(O)cc1)C1CCN(C(=O)c2csc([N+](=O)[O-])c2)CC1. The minimum atomic E-state index is -0.510. The average molecular weight is 360 g/mol. The number of piperidine rings is 1. The second-order valence-electron chi connectivity index (χ2n) is 5.91. The molecule has 0 spiro atoms. The van der Waals surface area contributed by atoms with E-state index in [-0.39, 0.29) is 28.4 Å². The molecule has 1 fully saturated rings. The van der Waals surface area contributed by atoms with Gasteiger partial charge in [0.2, 0.25) is 0 Å². The molecule has 8 heteroatoms. The number of nitrogens with zero attached hydrogens (tertiary/aromatic N) is 2. The number of nitro groups is 1. The van der Waals surface area contributed by atoms with Crippen LogP contribution in [0.1, 0.15) is 33.6 Å². The summed E-state index contributed by atoms with van der Waals surface area (Å²) >= 11 is 0.933. The van der Waals surface area contributed by atoms with Crippen molar-refractivity contribution in [3.8, 4) is 5.75 Å². The molecular weight excluding hydrogens is 344 g/mol. The van der Waals surface area contributed by atoms with Crippen molar-refractivity contribution in [2.24, 2.45) is 5.92 Å². The van der Waals surface area contributed by atoms with Gasteiger partial charge < -0.3 is 10.0 Å². The molecule has 0 saturated carbocycles. The summed E-state index contributed by atoms with van der Waals surface area (Å²) in [5.41, 5.74) is 0.871. The number of ketones is 1. The van der Waals surface area contributed by atoms with Gasteiger partial charge in [0, 0.05) is 36.0 Å². The van der Waals surface area contributed by atoms with Gasteiger partial charge in [0.1, 0.15) is 5.75 Å². The Kier molecular flexibility index (Phi) is 4.80. The Morgan fingerprint density at radius 3 is 2.36 bits per heavy atom. The fraction of sp³-hybridized carbons (Fsp3) is 0.294. The Morgan fingerprint density at radius 2 is 1.80 bits per heavy atom. The highest BCUT2D eigenvalue weighted by Crippen LogP contribution is 2.27. The summed E-state index contributed by atoms with van der Waals surface area (Å²) in [4.78, 5) is 36.7. The van der Waals surface area contributed by atoms with Gasteiger partial charge in [0.15, 0.2) is 5.78 Å². The molecule has 0 unspecified atom stereocenters. The van der Waals surface area contributed by atoms with Gasteiger partial charge in [0.05, 0.1) is 10.5 Å². The molecule has 0 atom stereocenters. The quantitative estimate of drug-likeness (QED) is 0.513. The van der Waals surface area contributed by atoms with Crippen LogP contribution in [0.5, 0.6) is 5.75 Å². The van der Waals surface area contributed by atoms with E-state index in [0.717, 1.165) is 11.3 Å². The van der Waals surface area contributed by atoms with Crippen molar-refractivity contribution in [1.82, 2.24) is 4.90 Å². The van der Waals surface area contributed by atoms with Crippen LogP contribution in [0.2, 0.25) is 0 Å². The first-order valence-corrected chi connectivity index (χ1v) is 8.69. The van der Waals surface area contributed by atoms with Crippen molar-refractivity contribution in [2.45, 2.75) is 12.8 Å². The highest BCUT2D eigenvalue weighted by molar-refractivity contribution is 7.13. The number of aromatic hydroxyl groups is 1. The molecule has 130 valence electrons. The second kappa shape index (κ2) is 7.02. The van der Waals surface area contributed by atoms with Crippen molar-refractivity contribution >= 4 is 28.0 Å². The molecule has 2 heterocycles. The molecule has 1 aromatic heterocycles. The minimum absolute atomic E-state index is 0.0123. The van der Waals surface area contributed by atoms with Crippen LogP contribution in [0.3, 0.4) is 0 Å². The van der Waals surface area contributed by atoms with Crippen molar-refractivity contribution < 1.29 is 19.6 Å². The van der Waals surface area contributed by atoms with E-state index in [1.165, 1.54) is 23.6 Å². The summed E-state index contributed by atoms with van der Waals surface area (Å²) < 4.78 is 0. The molecule has 2 aromatic rings. The number of carbonyl (C=O) groups is 2. The number of amides is 1. The van der Waals surface area contributed by atoms with E-state index in [2.05, 4.69) is 0 Å². The Bertz CT molecular complexity index is 807. The van der Waals surface area contributed by atoms with Gasteiger partial charge in [-0.2, -0.15) is 0 Å².